The summed E-state index contributed by atoms with van der Waals surface area (Å²) in [6.07, 6.45) is -4.67. The van der Waals surface area contributed by atoms with Crippen molar-refractivity contribution in [1.82, 2.24) is 4.90 Å². The fourth-order valence-corrected chi connectivity index (χ4v) is 3.44. The predicted octanol–water partition coefficient (Wildman–Crippen LogP) is 4.24. The van der Waals surface area contributed by atoms with Crippen LogP contribution in [0, 0.1) is 10.1 Å². The quantitative estimate of drug-likeness (QED) is 0.522. The molecule has 0 aliphatic carbocycles. The lowest BCUT2D eigenvalue weighted by Gasteiger charge is -2.36. The molecule has 0 spiro atoms. The number of ether oxygens (including phenoxy) is 1. The molecular formula is C19H17ClF3N3O4. The Morgan fingerprint density at radius 1 is 1.13 bits per heavy atom. The highest BCUT2D eigenvalue weighted by atomic mass is 35.5. The molecule has 0 saturated carbocycles. The van der Waals surface area contributed by atoms with Crippen LogP contribution in [0.2, 0.25) is 5.02 Å². The summed E-state index contributed by atoms with van der Waals surface area (Å²) in [6, 6.07) is 7.09. The van der Waals surface area contributed by atoms with E-state index in [4.69, 9.17) is 16.3 Å². The smallest absolute Gasteiger partial charge is 0.416 e. The van der Waals surface area contributed by atoms with Crippen LogP contribution >= 0.6 is 11.6 Å². The monoisotopic (exact) mass is 443 g/mol. The lowest BCUT2D eigenvalue weighted by Crippen LogP contribution is -2.49. The van der Waals surface area contributed by atoms with Crippen LogP contribution in [0.4, 0.5) is 24.5 Å². The summed E-state index contributed by atoms with van der Waals surface area (Å²) < 4.78 is 43.9. The number of anilines is 1. The third kappa shape index (κ3) is 4.43. The summed E-state index contributed by atoms with van der Waals surface area (Å²) in [5, 5.41) is 11.7. The van der Waals surface area contributed by atoms with Crippen molar-refractivity contribution >= 4 is 28.9 Å². The maximum atomic E-state index is 12.9. The fourth-order valence-electron chi connectivity index (χ4n) is 3.28. The molecule has 1 fully saturated rings. The van der Waals surface area contributed by atoms with Crippen LogP contribution in [0.3, 0.4) is 0 Å². The van der Waals surface area contributed by atoms with Crippen molar-refractivity contribution in [2.75, 3.05) is 38.2 Å². The Kier molecular flexibility index (Phi) is 6.06. The molecule has 0 atom stereocenters. The molecule has 1 aliphatic heterocycles. The molecule has 1 saturated heterocycles. The van der Waals surface area contributed by atoms with Gasteiger partial charge in [0.1, 0.15) is 11.4 Å². The number of hydrogen-bond acceptors (Lipinski definition) is 5. The Morgan fingerprint density at radius 3 is 2.37 bits per heavy atom. The van der Waals surface area contributed by atoms with Gasteiger partial charge in [-0.3, -0.25) is 14.9 Å². The number of hydrogen-bond donors (Lipinski definition) is 0. The van der Waals surface area contributed by atoms with E-state index >= 15 is 0 Å². The minimum atomic E-state index is -4.67. The number of carbonyl (C=O) groups is 1. The first-order valence-electron chi connectivity index (χ1n) is 8.85. The first kappa shape index (κ1) is 21.7. The molecule has 11 heteroatoms. The first-order valence-corrected chi connectivity index (χ1v) is 9.23. The van der Waals surface area contributed by atoms with E-state index in [1.165, 1.54) is 13.2 Å². The number of methoxy groups -OCH3 is 1. The topological polar surface area (TPSA) is 75.9 Å². The Morgan fingerprint density at radius 2 is 1.80 bits per heavy atom. The van der Waals surface area contributed by atoms with Gasteiger partial charge in [0.05, 0.1) is 23.2 Å². The van der Waals surface area contributed by atoms with Crippen LogP contribution in [0.5, 0.6) is 5.75 Å². The van der Waals surface area contributed by atoms with E-state index in [9.17, 15) is 28.1 Å². The molecule has 7 nitrogen and oxygen atoms in total. The molecule has 1 heterocycles. The van der Waals surface area contributed by atoms with Gasteiger partial charge >= 0.3 is 6.18 Å². The van der Waals surface area contributed by atoms with Crippen LogP contribution in [0.1, 0.15) is 15.9 Å². The average Bonchev–Trinajstić information content (AvgIpc) is 2.72. The number of piperazine rings is 1. The van der Waals surface area contributed by atoms with Crippen molar-refractivity contribution < 1.29 is 27.6 Å². The van der Waals surface area contributed by atoms with Crippen LogP contribution < -0.4 is 9.64 Å². The lowest BCUT2D eigenvalue weighted by molar-refractivity contribution is -0.384. The Hall–Kier alpha value is -3.01. The highest BCUT2D eigenvalue weighted by molar-refractivity contribution is 6.30. The average molecular weight is 444 g/mol. The van der Waals surface area contributed by atoms with E-state index in [-0.39, 0.29) is 37.8 Å². The molecule has 1 amide bonds. The zero-order chi connectivity index (χ0) is 22.1. The third-order valence-electron chi connectivity index (χ3n) is 4.80. The number of benzene rings is 2. The number of nitro groups is 1. The number of nitro benzene ring substituents is 1. The summed E-state index contributed by atoms with van der Waals surface area (Å²) in [5.41, 5.74) is -1.29. The molecular weight excluding hydrogens is 427 g/mol. The minimum absolute atomic E-state index is 0.0872. The van der Waals surface area contributed by atoms with Crippen molar-refractivity contribution in [2.45, 2.75) is 6.18 Å². The summed E-state index contributed by atoms with van der Waals surface area (Å²) in [5.74, 6) is 0.0402. The SMILES string of the molecule is COc1cc(Cl)ccc1C(=O)N1CCN(c2ccc(C(F)(F)F)cc2[N+](=O)[O-])CC1. The van der Waals surface area contributed by atoms with Gasteiger partial charge in [-0.1, -0.05) is 11.6 Å². The molecule has 0 aromatic heterocycles. The predicted molar refractivity (Wildman–Crippen MR) is 104 cm³/mol. The number of rotatable bonds is 4. The van der Waals surface area contributed by atoms with Crippen molar-refractivity contribution in [3.63, 3.8) is 0 Å². The third-order valence-corrected chi connectivity index (χ3v) is 5.04. The molecule has 0 unspecified atom stereocenters. The van der Waals surface area contributed by atoms with Gasteiger partial charge in [0, 0.05) is 37.3 Å². The van der Waals surface area contributed by atoms with E-state index < -0.39 is 22.4 Å². The number of nitrogens with zero attached hydrogens (tertiary/aromatic N) is 3. The van der Waals surface area contributed by atoms with E-state index in [0.717, 1.165) is 12.1 Å². The van der Waals surface area contributed by atoms with Gasteiger partial charge in [-0.2, -0.15) is 13.2 Å². The molecule has 0 N–H and O–H groups in total. The van der Waals surface area contributed by atoms with Gasteiger partial charge in [0.25, 0.3) is 11.6 Å². The zero-order valence-corrected chi connectivity index (χ0v) is 16.5. The maximum Gasteiger partial charge on any atom is 0.416 e. The Labute approximate surface area is 174 Å². The number of alkyl halides is 3. The van der Waals surface area contributed by atoms with Crippen LogP contribution in [-0.4, -0.2) is 49.0 Å². The van der Waals surface area contributed by atoms with Gasteiger partial charge in [-0.15, -0.1) is 0 Å². The molecule has 3 rings (SSSR count). The second kappa shape index (κ2) is 8.39. The molecule has 160 valence electrons. The summed E-state index contributed by atoms with van der Waals surface area (Å²) in [4.78, 5) is 26.5. The molecule has 2 aromatic carbocycles. The highest BCUT2D eigenvalue weighted by Crippen LogP contribution is 2.37. The van der Waals surface area contributed by atoms with Crippen LogP contribution in [0.25, 0.3) is 0 Å². The molecule has 1 aliphatic rings. The van der Waals surface area contributed by atoms with E-state index in [0.29, 0.717) is 22.4 Å². The van der Waals surface area contributed by atoms with Crippen molar-refractivity contribution in [3.05, 3.63) is 62.7 Å². The first-order chi connectivity index (χ1) is 14.1. The van der Waals surface area contributed by atoms with Crippen LogP contribution in [0.15, 0.2) is 36.4 Å². The Bertz CT molecular complexity index is 976. The maximum absolute atomic E-state index is 12.9. The number of carbonyl (C=O) groups excluding carboxylic acids is 1. The molecule has 30 heavy (non-hydrogen) atoms. The summed E-state index contributed by atoms with van der Waals surface area (Å²) >= 11 is 5.92. The molecule has 0 bridgehead atoms. The standard InChI is InChI=1S/C19H17ClF3N3O4/c1-30-17-11-13(20)3-4-14(17)18(27)25-8-6-24(7-9-25)15-5-2-12(19(21,22)23)10-16(15)26(28)29/h2-5,10-11H,6-9H2,1H3. The van der Waals surface area contributed by atoms with E-state index in [1.54, 1.807) is 21.9 Å². The highest BCUT2D eigenvalue weighted by Gasteiger charge is 2.34. The van der Waals surface area contributed by atoms with Gasteiger partial charge in [0.15, 0.2) is 0 Å². The number of amides is 1. The summed E-state index contributed by atoms with van der Waals surface area (Å²) in [6.45, 7) is 0.938. The molecule has 0 radical (unpaired) electrons. The Balaban J connectivity index is 1.77. The van der Waals surface area contributed by atoms with Gasteiger partial charge in [-0.05, 0) is 30.3 Å². The van der Waals surface area contributed by atoms with Gasteiger partial charge in [0.2, 0.25) is 0 Å². The fraction of sp³-hybridized carbons (Fsp3) is 0.316. The van der Waals surface area contributed by atoms with Crippen molar-refractivity contribution in [2.24, 2.45) is 0 Å². The minimum Gasteiger partial charge on any atom is -0.496 e. The normalized spacial score (nSPS) is 14.6. The van der Waals surface area contributed by atoms with Gasteiger partial charge < -0.3 is 14.5 Å². The van der Waals surface area contributed by atoms with Crippen LogP contribution in [-0.2, 0) is 6.18 Å². The summed E-state index contributed by atoms with van der Waals surface area (Å²) in [7, 11) is 1.42. The van der Waals surface area contributed by atoms with Crippen molar-refractivity contribution in [1.29, 1.82) is 0 Å². The lowest BCUT2D eigenvalue weighted by atomic mass is 10.1. The van der Waals surface area contributed by atoms with E-state index in [1.807, 2.05) is 0 Å². The van der Waals surface area contributed by atoms with Gasteiger partial charge in [-0.25, -0.2) is 0 Å². The number of halogens is 4. The molecule has 2 aromatic rings. The van der Waals surface area contributed by atoms with E-state index in [2.05, 4.69) is 0 Å². The second-order valence-corrected chi connectivity index (χ2v) is 7.02. The largest absolute Gasteiger partial charge is 0.496 e. The van der Waals surface area contributed by atoms with Crippen molar-refractivity contribution in [3.8, 4) is 5.75 Å². The zero-order valence-electron chi connectivity index (χ0n) is 15.8. The second-order valence-electron chi connectivity index (χ2n) is 6.58.